The monoisotopic (exact) mass is 280 g/mol. The molecule has 92 valence electrons. The predicted molar refractivity (Wildman–Crippen MR) is 73.6 cm³/mol. The first-order valence-electron chi connectivity index (χ1n) is 5.29. The highest BCUT2D eigenvalue weighted by Crippen LogP contribution is 2.33. The Balaban J connectivity index is 2.71. The summed E-state index contributed by atoms with van der Waals surface area (Å²) in [7, 11) is 0. The molecule has 4 heteroatoms. The third-order valence-corrected chi connectivity index (χ3v) is 3.26. The van der Waals surface area contributed by atoms with Crippen molar-refractivity contribution >= 4 is 29.2 Å². The summed E-state index contributed by atoms with van der Waals surface area (Å²) in [4.78, 5) is 11.3. The van der Waals surface area contributed by atoms with E-state index in [1.54, 1.807) is 37.3 Å². The highest BCUT2D eigenvalue weighted by Gasteiger charge is 2.16. The summed E-state index contributed by atoms with van der Waals surface area (Å²) >= 11 is 12.0. The molecule has 0 radical (unpaired) electrons. The Kier molecular flexibility index (Phi) is 3.60. The molecule has 0 spiro atoms. The Hall–Kier alpha value is -1.51. The Bertz CT molecular complexity index is 621. The highest BCUT2D eigenvalue weighted by atomic mass is 35.5. The largest absolute Gasteiger partial charge is 0.478 e. The molecule has 0 aromatic heterocycles. The molecule has 1 N–H and O–H groups in total. The van der Waals surface area contributed by atoms with Crippen LogP contribution in [0.5, 0.6) is 0 Å². The number of aryl methyl sites for hydroxylation is 1. The summed E-state index contributed by atoms with van der Waals surface area (Å²) in [6, 6.07) is 10.3. The number of carboxylic acids is 1. The minimum Gasteiger partial charge on any atom is -0.478 e. The standard InChI is InChI=1S/C14H10Cl2O2/c1-8-3-2-4-11(13(8)14(17)18)10-6-5-9(15)7-12(10)16/h2-7H,1H3,(H,17,18). The van der Waals surface area contributed by atoms with Crippen molar-refractivity contribution in [2.24, 2.45) is 0 Å². The third-order valence-electron chi connectivity index (χ3n) is 2.71. The first-order chi connectivity index (χ1) is 8.50. The van der Waals surface area contributed by atoms with Crippen LogP contribution in [0.4, 0.5) is 0 Å². The summed E-state index contributed by atoms with van der Waals surface area (Å²) in [5, 5.41) is 10.2. The van der Waals surface area contributed by atoms with Gasteiger partial charge < -0.3 is 5.11 Å². The van der Waals surface area contributed by atoms with Crippen molar-refractivity contribution in [3.05, 3.63) is 57.6 Å². The number of hydrogen-bond donors (Lipinski definition) is 1. The van der Waals surface area contributed by atoms with Gasteiger partial charge in [-0.25, -0.2) is 4.79 Å². The Morgan fingerprint density at radius 3 is 2.44 bits per heavy atom. The van der Waals surface area contributed by atoms with Crippen LogP contribution in [0.1, 0.15) is 15.9 Å². The molecule has 0 atom stereocenters. The fourth-order valence-corrected chi connectivity index (χ4v) is 2.39. The molecular weight excluding hydrogens is 271 g/mol. The Morgan fingerprint density at radius 1 is 1.11 bits per heavy atom. The van der Waals surface area contributed by atoms with Crippen molar-refractivity contribution in [1.29, 1.82) is 0 Å². The van der Waals surface area contributed by atoms with Crippen LogP contribution in [-0.2, 0) is 0 Å². The summed E-state index contributed by atoms with van der Waals surface area (Å²) in [6.07, 6.45) is 0. The molecule has 18 heavy (non-hydrogen) atoms. The average molecular weight is 281 g/mol. The van der Waals surface area contributed by atoms with Gasteiger partial charge >= 0.3 is 5.97 Å². The maximum absolute atomic E-state index is 11.3. The molecular formula is C14H10Cl2O2. The van der Waals surface area contributed by atoms with Gasteiger partial charge in [-0.15, -0.1) is 0 Å². The predicted octanol–water partition coefficient (Wildman–Crippen LogP) is 4.67. The zero-order chi connectivity index (χ0) is 13.3. The number of carboxylic acid groups (broad SMARTS) is 1. The van der Waals surface area contributed by atoms with E-state index in [0.29, 0.717) is 26.7 Å². The normalized spacial score (nSPS) is 10.4. The van der Waals surface area contributed by atoms with Crippen LogP contribution < -0.4 is 0 Å². The van der Waals surface area contributed by atoms with E-state index in [0.717, 1.165) is 0 Å². The topological polar surface area (TPSA) is 37.3 Å². The fourth-order valence-electron chi connectivity index (χ4n) is 1.88. The van der Waals surface area contributed by atoms with E-state index < -0.39 is 5.97 Å². The second-order valence-electron chi connectivity index (χ2n) is 3.93. The molecule has 2 aromatic rings. The van der Waals surface area contributed by atoms with Gasteiger partial charge in [0, 0.05) is 15.6 Å². The Morgan fingerprint density at radius 2 is 1.83 bits per heavy atom. The second-order valence-corrected chi connectivity index (χ2v) is 4.77. The van der Waals surface area contributed by atoms with E-state index in [9.17, 15) is 9.90 Å². The molecule has 0 amide bonds. The van der Waals surface area contributed by atoms with E-state index >= 15 is 0 Å². The first-order valence-corrected chi connectivity index (χ1v) is 6.04. The smallest absolute Gasteiger partial charge is 0.336 e. The average Bonchev–Trinajstić information content (AvgIpc) is 2.28. The second kappa shape index (κ2) is 5.01. The molecule has 0 saturated heterocycles. The van der Waals surface area contributed by atoms with Crippen molar-refractivity contribution in [2.75, 3.05) is 0 Å². The molecule has 0 fully saturated rings. The van der Waals surface area contributed by atoms with Gasteiger partial charge in [-0.1, -0.05) is 47.5 Å². The lowest BCUT2D eigenvalue weighted by atomic mass is 9.96. The quantitative estimate of drug-likeness (QED) is 0.868. The number of aromatic carboxylic acids is 1. The van der Waals surface area contributed by atoms with Crippen molar-refractivity contribution in [3.8, 4) is 11.1 Å². The summed E-state index contributed by atoms with van der Waals surface area (Å²) < 4.78 is 0. The number of benzene rings is 2. The molecule has 2 nitrogen and oxygen atoms in total. The van der Waals surface area contributed by atoms with Crippen molar-refractivity contribution in [2.45, 2.75) is 6.92 Å². The summed E-state index contributed by atoms with van der Waals surface area (Å²) in [5.41, 5.74) is 2.24. The van der Waals surface area contributed by atoms with Crippen molar-refractivity contribution < 1.29 is 9.90 Å². The summed E-state index contributed by atoms with van der Waals surface area (Å²) in [6.45, 7) is 1.76. The molecule has 0 saturated carbocycles. The van der Waals surface area contributed by atoms with Crippen LogP contribution in [0.25, 0.3) is 11.1 Å². The molecule has 0 aliphatic rings. The Labute approximate surface area is 115 Å². The zero-order valence-corrected chi connectivity index (χ0v) is 11.1. The molecule has 0 aliphatic carbocycles. The van der Waals surface area contributed by atoms with E-state index in [4.69, 9.17) is 23.2 Å². The van der Waals surface area contributed by atoms with Crippen LogP contribution >= 0.6 is 23.2 Å². The number of carbonyl (C=O) groups is 1. The van der Waals surface area contributed by atoms with Gasteiger partial charge in [0.25, 0.3) is 0 Å². The van der Waals surface area contributed by atoms with Crippen LogP contribution in [0.3, 0.4) is 0 Å². The summed E-state index contributed by atoms with van der Waals surface area (Å²) in [5.74, 6) is -0.964. The maximum Gasteiger partial charge on any atom is 0.336 e. The first kappa shape index (κ1) is 12.9. The third kappa shape index (κ3) is 2.35. The zero-order valence-electron chi connectivity index (χ0n) is 9.58. The molecule has 0 aliphatic heterocycles. The van der Waals surface area contributed by atoms with E-state index in [1.165, 1.54) is 0 Å². The van der Waals surface area contributed by atoms with Gasteiger partial charge in [0.05, 0.1) is 5.56 Å². The van der Waals surface area contributed by atoms with Gasteiger partial charge in [-0.2, -0.15) is 0 Å². The van der Waals surface area contributed by atoms with Gasteiger partial charge in [0.1, 0.15) is 0 Å². The lowest BCUT2D eigenvalue weighted by molar-refractivity contribution is 0.0697. The maximum atomic E-state index is 11.3. The van der Waals surface area contributed by atoms with Crippen LogP contribution in [-0.4, -0.2) is 11.1 Å². The minimum absolute atomic E-state index is 0.265. The van der Waals surface area contributed by atoms with Gasteiger partial charge in [-0.05, 0) is 30.2 Å². The van der Waals surface area contributed by atoms with Crippen LogP contribution in [0.15, 0.2) is 36.4 Å². The number of halogens is 2. The molecule has 0 heterocycles. The number of hydrogen-bond acceptors (Lipinski definition) is 1. The van der Waals surface area contributed by atoms with Crippen molar-refractivity contribution in [3.63, 3.8) is 0 Å². The van der Waals surface area contributed by atoms with Gasteiger partial charge in [0.2, 0.25) is 0 Å². The van der Waals surface area contributed by atoms with Gasteiger partial charge in [0.15, 0.2) is 0 Å². The lowest BCUT2D eigenvalue weighted by Gasteiger charge is -2.10. The SMILES string of the molecule is Cc1cccc(-c2ccc(Cl)cc2Cl)c1C(=O)O. The minimum atomic E-state index is -0.964. The lowest BCUT2D eigenvalue weighted by Crippen LogP contribution is -2.02. The molecule has 2 aromatic carbocycles. The molecule has 2 rings (SSSR count). The van der Waals surface area contributed by atoms with Crippen LogP contribution in [0, 0.1) is 6.92 Å². The van der Waals surface area contributed by atoms with E-state index in [-0.39, 0.29) is 5.56 Å². The van der Waals surface area contributed by atoms with Crippen molar-refractivity contribution in [1.82, 2.24) is 0 Å². The number of rotatable bonds is 2. The van der Waals surface area contributed by atoms with E-state index in [1.807, 2.05) is 6.07 Å². The molecule has 0 unspecified atom stereocenters. The van der Waals surface area contributed by atoms with Gasteiger partial charge in [-0.3, -0.25) is 0 Å². The fraction of sp³-hybridized carbons (Fsp3) is 0.0714. The highest BCUT2D eigenvalue weighted by molar-refractivity contribution is 6.36. The molecule has 0 bridgehead atoms. The van der Waals surface area contributed by atoms with Crippen LogP contribution in [0.2, 0.25) is 10.0 Å². The van der Waals surface area contributed by atoms with E-state index in [2.05, 4.69) is 0 Å².